The highest BCUT2D eigenvalue weighted by atomic mass is 19.4. The predicted molar refractivity (Wildman–Crippen MR) is 92.6 cm³/mol. The Kier molecular flexibility index (Phi) is 6.66. The highest BCUT2D eigenvalue weighted by Crippen LogP contribution is 2.52. The lowest BCUT2D eigenvalue weighted by Crippen LogP contribution is -2.54. The maximum Gasteiger partial charge on any atom is 0.430 e. The van der Waals surface area contributed by atoms with E-state index >= 15 is 0 Å². The molecule has 0 amide bonds. The van der Waals surface area contributed by atoms with E-state index in [-0.39, 0.29) is 12.1 Å². The first-order chi connectivity index (χ1) is 15.1. The predicted octanol–water partition coefficient (Wildman–Crippen LogP) is 6.16. The van der Waals surface area contributed by atoms with Crippen molar-refractivity contribution < 1.29 is 62.5 Å². The molecule has 0 spiro atoms. The molecule has 2 aromatic rings. The van der Waals surface area contributed by atoms with E-state index in [0.717, 1.165) is 6.07 Å². The second kappa shape index (κ2) is 8.32. The van der Waals surface area contributed by atoms with Crippen LogP contribution in [0.2, 0.25) is 0 Å². The first-order valence-electron chi connectivity index (χ1n) is 8.57. The Morgan fingerprint density at radius 1 is 0.647 bits per heavy atom. The largest absolute Gasteiger partial charge is 0.457 e. The summed E-state index contributed by atoms with van der Waals surface area (Å²) >= 11 is 0. The molecule has 0 unspecified atom stereocenters. The average Bonchev–Trinajstić information content (AvgIpc) is 2.61. The van der Waals surface area contributed by atoms with Crippen LogP contribution in [0.15, 0.2) is 36.4 Å². The van der Waals surface area contributed by atoms with Crippen LogP contribution >= 0.6 is 0 Å². The molecule has 5 N–H and O–H groups in total. The Morgan fingerprint density at radius 2 is 1.06 bits per heavy atom. The highest BCUT2D eigenvalue weighted by molar-refractivity contribution is 5.57. The summed E-state index contributed by atoms with van der Waals surface area (Å²) in [4.78, 5) is 0. The van der Waals surface area contributed by atoms with E-state index in [1.807, 2.05) is 0 Å². The molecule has 0 radical (unpaired) electrons. The molecule has 2 rings (SSSR count). The summed E-state index contributed by atoms with van der Waals surface area (Å²) in [6, 6.07) is 2.59. The summed E-state index contributed by atoms with van der Waals surface area (Å²) < 4.78 is 162. The molecule has 0 bridgehead atoms. The molecule has 0 aliphatic heterocycles. The molecule has 16 heteroatoms. The summed E-state index contributed by atoms with van der Waals surface area (Å²) in [5.74, 6) is -5.84. The highest BCUT2D eigenvalue weighted by Gasteiger charge is 2.72. The first kappa shape index (κ1) is 27.2. The summed E-state index contributed by atoms with van der Waals surface area (Å²) in [6.07, 6.45) is -24.3. The third-order valence-corrected chi connectivity index (χ3v) is 4.49. The van der Waals surface area contributed by atoms with Gasteiger partial charge in [0.25, 0.3) is 5.60 Å². The number of nitrogens with two attached hydrogens (primary N) is 2. The molecule has 34 heavy (non-hydrogen) atoms. The summed E-state index contributed by atoms with van der Waals surface area (Å²) in [6.45, 7) is 0. The van der Waals surface area contributed by atoms with Gasteiger partial charge in [0.15, 0.2) is 5.92 Å². The van der Waals surface area contributed by atoms with Crippen LogP contribution in [0.3, 0.4) is 0 Å². The van der Waals surface area contributed by atoms with Crippen molar-refractivity contribution in [3.8, 4) is 11.5 Å². The van der Waals surface area contributed by atoms with Crippen LogP contribution in [0.25, 0.3) is 0 Å². The standard InChI is InChI=1S/C18H12F12N2O2/c19-15(20,21)13(16(22,23)24)9-5-7(1-3-11(9)31)34-8-2-4-12(32)10(6-8)14(33,17(25,26)27)18(28,29)30/h1-6,13,33H,31-32H2. The summed E-state index contributed by atoms with van der Waals surface area (Å²) in [5.41, 5.74) is -0.679. The molecular formula is C18H12F12N2O2. The van der Waals surface area contributed by atoms with Gasteiger partial charge in [-0.2, -0.15) is 52.7 Å². The van der Waals surface area contributed by atoms with Gasteiger partial charge in [0.2, 0.25) is 0 Å². The van der Waals surface area contributed by atoms with Gasteiger partial charge in [-0.3, -0.25) is 0 Å². The number of hydrogen-bond donors (Lipinski definition) is 3. The fraction of sp³-hybridized carbons (Fsp3) is 0.333. The maximum atomic E-state index is 13.1. The van der Waals surface area contributed by atoms with E-state index in [4.69, 9.17) is 16.2 Å². The number of halogens is 12. The van der Waals surface area contributed by atoms with E-state index in [1.54, 1.807) is 0 Å². The third kappa shape index (κ3) is 5.05. The van der Waals surface area contributed by atoms with Gasteiger partial charge in [-0.15, -0.1) is 0 Å². The topological polar surface area (TPSA) is 81.5 Å². The third-order valence-electron chi connectivity index (χ3n) is 4.49. The molecule has 0 saturated carbocycles. The molecule has 0 atom stereocenters. The van der Waals surface area contributed by atoms with Crippen molar-refractivity contribution in [2.45, 2.75) is 36.2 Å². The molecule has 0 aliphatic carbocycles. The second-order valence-corrected chi connectivity index (χ2v) is 6.86. The maximum absolute atomic E-state index is 13.1. The SMILES string of the molecule is Nc1ccc(Oc2ccc(N)c(C(O)(C(F)(F)F)C(F)(F)F)c2)cc1C(C(F)(F)F)C(F)(F)F. The van der Waals surface area contributed by atoms with Crippen LogP contribution in [0, 0.1) is 0 Å². The van der Waals surface area contributed by atoms with Crippen LogP contribution in [0.5, 0.6) is 11.5 Å². The molecule has 0 aromatic heterocycles. The van der Waals surface area contributed by atoms with Gasteiger partial charge in [-0.25, -0.2) is 0 Å². The lowest BCUT2D eigenvalue weighted by Gasteiger charge is -2.33. The van der Waals surface area contributed by atoms with Crippen LogP contribution in [-0.2, 0) is 5.60 Å². The monoisotopic (exact) mass is 516 g/mol. The number of ether oxygens (including phenoxy) is 1. The fourth-order valence-electron chi connectivity index (χ4n) is 2.92. The molecule has 0 heterocycles. The molecule has 4 nitrogen and oxygen atoms in total. The van der Waals surface area contributed by atoms with Gasteiger partial charge >= 0.3 is 24.7 Å². The van der Waals surface area contributed by atoms with Gasteiger partial charge in [-0.05, 0) is 42.0 Å². The van der Waals surface area contributed by atoms with Crippen molar-refractivity contribution in [1.29, 1.82) is 0 Å². The Bertz CT molecular complexity index is 1010. The average molecular weight is 516 g/mol. The minimum Gasteiger partial charge on any atom is -0.457 e. The molecular weight excluding hydrogens is 504 g/mol. The molecule has 0 aliphatic rings. The number of nitrogen functional groups attached to an aromatic ring is 2. The van der Waals surface area contributed by atoms with Crippen molar-refractivity contribution in [3.63, 3.8) is 0 Å². The van der Waals surface area contributed by atoms with Gasteiger partial charge in [-0.1, -0.05) is 0 Å². The van der Waals surface area contributed by atoms with Crippen molar-refractivity contribution in [2.24, 2.45) is 0 Å². The fourth-order valence-corrected chi connectivity index (χ4v) is 2.92. The number of rotatable bonds is 4. The Hall–Kier alpha value is -3.04. The smallest absolute Gasteiger partial charge is 0.430 e. The van der Waals surface area contributed by atoms with Crippen molar-refractivity contribution in [2.75, 3.05) is 11.5 Å². The van der Waals surface area contributed by atoms with Crippen LogP contribution < -0.4 is 16.2 Å². The minimum atomic E-state index is -6.32. The number of hydrogen-bond acceptors (Lipinski definition) is 4. The van der Waals surface area contributed by atoms with E-state index < -0.39 is 70.2 Å². The van der Waals surface area contributed by atoms with E-state index in [0.29, 0.717) is 18.2 Å². The molecule has 2 aromatic carbocycles. The second-order valence-electron chi connectivity index (χ2n) is 6.86. The normalized spacial score (nSPS) is 13.9. The summed E-state index contributed by atoms with van der Waals surface area (Å²) in [7, 11) is 0. The zero-order valence-electron chi connectivity index (χ0n) is 16.1. The quantitative estimate of drug-likeness (QED) is 0.336. The molecule has 190 valence electrons. The molecule has 0 fully saturated rings. The van der Waals surface area contributed by atoms with Crippen molar-refractivity contribution >= 4 is 11.4 Å². The Balaban J connectivity index is 2.60. The van der Waals surface area contributed by atoms with E-state index in [1.165, 1.54) is 0 Å². The van der Waals surface area contributed by atoms with Crippen LogP contribution in [0.4, 0.5) is 64.1 Å². The zero-order valence-corrected chi connectivity index (χ0v) is 16.1. The lowest BCUT2D eigenvalue weighted by molar-refractivity contribution is -0.376. The van der Waals surface area contributed by atoms with E-state index in [2.05, 4.69) is 0 Å². The minimum absolute atomic E-state index is 0.00264. The number of aliphatic hydroxyl groups is 1. The van der Waals surface area contributed by atoms with Crippen molar-refractivity contribution in [3.05, 3.63) is 47.5 Å². The van der Waals surface area contributed by atoms with Gasteiger partial charge in [0.1, 0.15) is 11.5 Å². The number of benzene rings is 2. The zero-order chi connectivity index (χ0) is 26.5. The Labute approximate surface area is 181 Å². The van der Waals surface area contributed by atoms with Gasteiger partial charge < -0.3 is 21.3 Å². The first-order valence-corrected chi connectivity index (χ1v) is 8.57. The summed E-state index contributed by atoms with van der Waals surface area (Å²) in [5, 5.41) is 9.51. The van der Waals surface area contributed by atoms with Crippen molar-refractivity contribution in [1.82, 2.24) is 0 Å². The van der Waals surface area contributed by atoms with Crippen LogP contribution in [-0.4, -0.2) is 29.8 Å². The molecule has 0 saturated heterocycles. The number of alkyl halides is 12. The lowest BCUT2D eigenvalue weighted by atomic mass is 9.90. The van der Waals surface area contributed by atoms with E-state index in [9.17, 15) is 57.8 Å². The van der Waals surface area contributed by atoms with Gasteiger partial charge in [0, 0.05) is 16.9 Å². The number of anilines is 2. The van der Waals surface area contributed by atoms with Gasteiger partial charge in [0.05, 0.1) is 0 Å². The Morgan fingerprint density at radius 3 is 1.47 bits per heavy atom. The van der Waals surface area contributed by atoms with Crippen LogP contribution in [0.1, 0.15) is 17.0 Å².